The standard InChI is InChI=1S/C14H20N4OS/c1-3-10-6-11-12(17-14(15)18-13(11)20-10)16-7-9-4-5-19-8(9)2/h6,8-9H,3-5,7H2,1-2H3,(H3,15,16,17,18). The van der Waals surface area contributed by atoms with Crippen molar-refractivity contribution in [1.82, 2.24) is 9.97 Å². The first kappa shape index (κ1) is 13.6. The smallest absolute Gasteiger partial charge is 0.223 e. The molecule has 2 atom stereocenters. The summed E-state index contributed by atoms with van der Waals surface area (Å²) in [7, 11) is 0. The van der Waals surface area contributed by atoms with Crippen LogP contribution in [0.4, 0.5) is 11.8 Å². The Bertz CT molecular complexity index is 612. The second kappa shape index (κ2) is 5.54. The van der Waals surface area contributed by atoms with E-state index < -0.39 is 0 Å². The van der Waals surface area contributed by atoms with Gasteiger partial charge in [0.1, 0.15) is 10.6 Å². The number of aromatic nitrogens is 2. The highest BCUT2D eigenvalue weighted by molar-refractivity contribution is 7.18. The van der Waals surface area contributed by atoms with Crippen molar-refractivity contribution in [3.8, 4) is 0 Å². The Morgan fingerprint density at radius 2 is 2.35 bits per heavy atom. The molecule has 3 heterocycles. The minimum atomic E-state index is 0.311. The molecule has 3 N–H and O–H groups in total. The lowest BCUT2D eigenvalue weighted by Crippen LogP contribution is -2.21. The molecular formula is C14H20N4OS. The van der Waals surface area contributed by atoms with Crippen LogP contribution in [0.2, 0.25) is 0 Å². The number of fused-ring (bicyclic) bond motifs is 1. The Morgan fingerprint density at radius 1 is 1.50 bits per heavy atom. The summed E-state index contributed by atoms with van der Waals surface area (Å²) in [4.78, 5) is 10.9. The zero-order valence-electron chi connectivity index (χ0n) is 11.8. The van der Waals surface area contributed by atoms with E-state index in [1.54, 1.807) is 11.3 Å². The molecule has 3 rings (SSSR count). The molecule has 0 radical (unpaired) electrons. The Hall–Kier alpha value is -1.40. The van der Waals surface area contributed by atoms with Crippen molar-refractivity contribution >= 4 is 33.3 Å². The van der Waals surface area contributed by atoms with E-state index in [0.717, 1.165) is 42.0 Å². The van der Waals surface area contributed by atoms with Gasteiger partial charge in [0, 0.05) is 23.9 Å². The molecule has 0 amide bonds. The van der Waals surface area contributed by atoms with Crippen LogP contribution in [0.15, 0.2) is 6.07 Å². The van der Waals surface area contributed by atoms with Crippen LogP contribution in [-0.2, 0) is 11.2 Å². The van der Waals surface area contributed by atoms with Crippen molar-refractivity contribution in [2.45, 2.75) is 32.8 Å². The van der Waals surface area contributed by atoms with Gasteiger partial charge in [0.25, 0.3) is 0 Å². The summed E-state index contributed by atoms with van der Waals surface area (Å²) in [6.45, 7) is 5.99. The van der Waals surface area contributed by atoms with Crippen LogP contribution in [0.5, 0.6) is 0 Å². The molecular weight excluding hydrogens is 272 g/mol. The molecule has 2 aromatic heterocycles. The number of nitrogen functional groups attached to an aromatic ring is 1. The average molecular weight is 292 g/mol. The van der Waals surface area contributed by atoms with E-state index in [4.69, 9.17) is 10.5 Å². The van der Waals surface area contributed by atoms with Gasteiger partial charge >= 0.3 is 0 Å². The molecule has 1 aliphatic rings. The van der Waals surface area contributed by atoms with E-state index in [1.807, 2.05) is 0 Å². The van der Waals surface area contributed by atoms with Crippen molar-refractivity contribution in [3.63, 3.8) is 0 Å². The largest absolute Gasteiger partial charge is 0.378 e. The highest BCUT2D eigenvalue weighted by Gasteiger charge is 2.24. The molecule has 0 aliphatic carbocycles. The number of aryl methyl sites for hydroxylation is 1. The van der Waals surface area contributed by atoms with Gasteiger partial charge < -0.3 is 15.8 Å². The van der Waals surface area contributed by atoms with Gasteiger partial charge in [0.05, 0.1) is 11.5 Å². The minimum Gasteiger partial charge on any atom is -0.378 e. The summed E-state index contributed by atoms with van der Waals surface area (Å²) >= 11 is 1.69. The molecule has 0 bridgehead atoms. The summed E-state index contributed by atoms with van der Waals surface area (Å²) in [5.74, 6) is 1.72. The predicted octanol–water partition coefficient (Wildman–Crippen LogP) is 2.67. The van der Waals surface area contributed by atoms with Crippen molar-refractivity contribution in [3.05, 3.63) is 10.9 Å². The molecule has 0 spiro atoms. The number of nitrogens with two attached hydrogens (primary N) is 1. The first-order chi connectivity index (χ1) is 9.67. The molecule has 0 saturated carbocycles. The first-order valence-corrected chi connectivity index (χ1v) is 7.90. The van der Waals surface area contributed by atoms with Crippen molar-refractivity contribution in [2.24, 2.45) is 5.92 Å². The molecule has 2 aromatic rings. The second-order valence-electron chi connectivity index (χ2n) is 5.22. The topological polar surface area (TPSA) is 73.1 Å². The third-order valence-corrected chi connectivity index (χ3v) is 5.05. The molecule has 1 saturated heterocycles. The molecule has 1 fully saturated rings. The molecule has 5 nitrogen and oxygen atoms in total. The van der Waals surface area contributed by atoms with Crippen molar-refractivity contribution < 1.29 is 4.74 Å². The van der Waals surface area contributed by atoms with Crippen molar-refractivity contribution in [1.29, 1.82) is 0 Å². The monoisotopic (exact) mass is 292 g/mol. The first-order valence-electron chi connectivity index (χ1n) is 7.08. The summed E-state index contributed by atoms with van der Waals surface area (Å²) < 4.78 is 5.59. The van der Waals surface area contributed by atoms with Crippen LogP contribution in [-0.4, -0.2) is 29.2 Å². The van der Waals surface area contributed by atoms with E-state index in [0.29, 0.717) is 18.0 Å². The highest BCUT2D eigenvalue weighted by Crippen LogP contribution is 2.30. The molecule has 2 unspecified atom stereocenters. The number of rotatable bonds is 4. The zero-order chi connectivity index (χ0) is 14.1. The normalized spacial score (nSPS) is 22.5. The van der Waals surface area contributed by atoms with Gasteiger partial charge in [0.2, 0.25) is 5.95 Å². The fourth-order valence-electron chi connectivity index (χ4n) is 2.57. The number of nitrogens with zero attached hydrogens (tertiary/aromatic N) is 2. The average Bonchev–Trinajstić information content (AvgIpc) is 3.01. The SMILES string of the molecule is CCc1cc2c(NCC3CCOC3C)nc(N)nc2s1. The third kappa shape index (κ3) is 2.58. The lowest BCUT2D eigenvalue weighted by Gasteiger charge is -2.15. The van der Waals surface area contributed by atoms with Gasteiger partial charge in [-0.2, -0.15) is 4.98 Å². The summed E-state index contributed by atoms with van der Waals surface area (Å²) in [5, 5.41) is 4.51. The number of nitrogens with one attached hydrogen (secondary N) is 1. The minimum absolute atomic E-state index is 0.311. The van der Waals surface area contributed by atoms with Crippen LogP contribution >= 0.6 is 11.3 Å². The van der Waals surface area contributed by atoms with Crippen LogP contribution in [0.25, 0.3) is 10.2 Å². The van der Waals surface area contributed by atoms with Crippen LogP contribution in [0.1, 0.15) is 25.1 Å². The van der Waals surface area contributed by atoms with Crippen LogP contribution in [0.3, 0.4) is 0 Å². The van der Waals surface area contributed by atoms with Gasteiger partial charge in [-0.3, -0.25) is 0 Å². The highest BCUT2D eigenvalue weighted by atomic mass is 32.1. The summed E-state index contributed by atoms with van der Waals surface area (Å²) in [6, 6.07) is 2.16. The molecule has 1 aliphatic heterocycles. The van der Waals surface area contributed by atoms with E-state index >= 15 is 0 Å². The van der Waals surface area contributed by atoms with Gasteiger partial charge in [-0.1, -0.05) is 6.92 Å². The molecule has 108 valence electrons. The van der Waals surface area contributed by atoms with Gasteiger partial charge in [-0.25, -0.2) is 4.98 Å². The van der Waals surface area contributed by atoms with Gasteiger partial charge in [0.15, 0.2) is 0 Å². The fraction of sp³-hybridized carbons (Fsp3) is 0.571. The van der Waals surface area contributed by atoms with E-state index in [1.165, 1.54) is 4.88 Å². The zero-order valence-corrected chi connectivity index (χ0v) is 12.7. The number of hydrogen-bond donors (Lipinski definition) is 2. The number of thiophene rings is 1. The Balaban J connectivity index is 1.84. The lowest BCUT2D eigenvalue weighted by molar-refractivity contribution is 0.108. The summed E-state index contributed by atoms with van der Waals surface area (Å²) in [5.41, 5.74) is 5.81. The van der Waals surface area contributed by atoms with E-state index in [2.05, 4.69) is 35.2 Å². The maximum Gasteiger partial charge on any atom is 0.223 e. The lowest BCUT2D eigenvalue weighted by atomic mass is 10.0. The third-order valence-electron chi connectivity index (χ3n) is 3.87. The second-order valence-corrected chi connectivity index (χ2v) is 6.34. The Morgan fingerprint density at radius 3 is 3.05 bits per heavy atom. The van der Waals surface area contributed by atoms with E-state index in [-0.39, 0.29) is 0 Å². The predicted molar refractivity (Wildman–Crippen MR) is 83.2 cm³/mol. The van der Waals surface area contributed by atoms with E-state index in [9.17, 15) is 0 Å². The maximum atomic E-state index is 5.81. The molecule has 6 heteroatoms. The number of anilines is 2. The fourth-order valence-corrected chi connectivity index (χ4v) is 3.54. The van der Waals surface area contributed by atoms with Crippen LogP contribution < -0.4 is 11.1 Å². The Labute approximate surface area is 122 Å². The van der Waals surface area contributed by atoms with Crippen LogP contribution in [0, 0.1) is 5.92 Å². The summed E-state index contributed by atoms with van der Waals surface area (Å²) in [6.07, 6.45) is 2.42. The maximum absolute atomic E-state index is 5.81. The number of ether oxygens (including phenoxy) is 1. The Kier molecular flexibility index (Phi) is 3.76. The van der Waals surface area contributed by atoms with Gasteiger partial charge in [-0.05, 0) is 25.8 Å². The molecule has 20 heavy (non-hydrogen) atoms. The molecule has 0 aromatic carbocycles. The van der Waals surface area contributed by atoms with Gasteiger partial charge in [-0.15, -0.1) is 11.3 Å². The van der Waals surface area contributed by atoms with Crippen molar-refractivity contribution in [2.75, 3.05) is 24.2 Å². The quantitative estimate of drug-likeness (QED) is 0.906. The number of hydrogen-bond acceptors (Lipinski definition) is 6.